The lowest BCUT2D eigenvalue weighted by molar-refractivity contribution is -0.150. The molecule has 0 radical (unpaired) electrons. The number of piperidine rings is 1. The quantitative estimate of drug-likeness (QED) is 0.791. The molecule has 1 aromatic rings. The minimum atomic E-state index is -3.26. The molecule has 0 bridgehead atoms. The van der Waals surface area contributed by atoms with Crippen LogP contribution in [0.2, 0.25) is 0 Å². The molecule has 0 aliphatic carbocycles. The molecule has 25 heavy (non-hydrogen) atoms. The van der Waals surface area contributed by atoms with Crippen molar-refractivity contribution in [1.29, 1.82) is 0 Å². The zero-order valence-electron chi connectivity index (χ0n) is 14.5. The number of rotatable bonds is 6. The van der Waals surface area contributed by atoms with Gasteiger partial charge in [0, 0.05) is 25.2 Å². The fraction of sp³-hybridized carbons (Fsp3) is 0.529. The normalized spacial score (nSPS) is 21.1. The summed E-state index contributed by atoms with van der Waals surface area (Å²) in [6, 6.07) is 6.69. The maximum Gasteiger partial charge on any atom is 0.311 e. The molecular formula is C17H24N2O5S. The first kappa shape index (κ1) is 19.4. The third kappa shape index (κ3) is 4.79. The van der Waals surface area contributed by atoms with Crippen molar-refractivity contribution in [3.05, 3.63) is 35.4 Å². The van der Waals surface area contributed by atoms with E-state index in [-0.39, 0.29) is 24.7 Å². The minimum Gasteiger partial charge on any atom is -0.481 e. The van der Waals surface area contributed by atoms with Crippen LogP contribution in [0.4, 0.5) is 0 Å². The van der Waals surface area contributed by atoms with Crippen molar-refractivity contribution in [3.8, 4) is 0 Å². The molecule has 0 aromatic heterocycles. The van der Waals surface area contributed by atoms with Crippen LogP contribution in [0, 0.1) is 5.41 Å². The molecule has 1 aliphatic heterocycles. The fourth-order valence-corrected chi connectivity index (χ4v) is 3.42. The van der Waals surface area contributed by atoms with Crippen LogP contribution in [-0.2, 0) is 21.4 Å². The van der Waals surface area contributed by atoms with E-state index in [1.54, 1.807) is 43.0 Å². The second-order valence-corrected chi connectivity index (χ2v) is 8.71. The Bertz CT molecular complexity index is 745. The molecule has 7 nitrogen and oxygen atoms in total. The molecule has 1 heterocycles. The molecule has 0 saturated carbocycles. The molecule has 1 fully saturated rings. The van der Waals surface area contributed by atoms with Crippen molar-refractivity contribution < 1.29 is 23.1 Å². The minimum absolute atomic E-state index is 0.0148. The smallest absolute Gasteiger partial charge is 0.311 e. The van der Waals surface area contributed by atoms with Crippen LogP contribution in [0.15, 0.2) is 24.3 Å². The number of carboxylic acids is 1. The summed E-state index contributed by atoms with van der Waals surface area (Å²) in [6.07, 6.45) is 1.22. The molecule has 2 N–H and O–H groups in total. The van der Waals surface area contributed by atoms with E-state index < -0.39 is 21.4 Å². The standard InChI is InChI=1S/C17H24N2O5S/c1-3-25(23,24)18-11-13-5-7-14(8-6-13)15(20)19-10-4-9-17(2,12-19)16(21)22/h5-8,18H,3-4,9-12H2,1-2H3,(H,21,22). The molecule has 1 atom stereocenters. The molecule has 8 heteroatoms. The van der Waals surface area contributed by atoms with Crippen molar-refractivity contribution in [2.45, 2.75) is 33.2 Å². The van der Waals surface area contributed by atoms with Crippen LogP contribution in [0.1, 0.15) is 42.6 Å². The number of amides is 1. The monoisotopic (exact) mass is 368 g/mol. The SMILES string of the molecule is CCS(=O)(=O)NCc1ccc(C(=O)N2CCCC(C)(C(=O)O)C2)cc1. The van der Waals surface area contributed by atoms with E-state index in [0.717, 1.165) is 5.56 Å². The lowest BCUT2D eigenvalue weighted by Crippen LogP contribution is -2.48. The Labute approximate surface area is 148 Å². The van der Waals surface area contributed by atoms with E-state index in [2.05, 4.69) is 4.72 Å². The van der Waals surface area contributed by atoms with Gasteiger partial charge in [-0.05, 0) is 44.4 Å². The summed E-state index contributed by atoms with van der Waals surface area (Å²) in [6.45, 7) is 4.13. The number of aliphatic carboxylic acids is 1. The number of benzene rings is 1. The fourth-order valence-electron chi connectivity index (χ4n) is 2.83. The summed E-state index contributed by atoms with van der Waals surface area (Å²) >= 11 is 0. The third-order valence-electron chi connectivity index (χ3n) is 4.58. The Morgan fingerprint density at radius 3 is 2.48 bits per heavy atom. The summed E-state index contributed by atoms with van der Waals surface area (Å²) in [5.41, 5.74) is 0.311. The van der Waals surface area contributed by atoms with Crippen LogP contribution in [0.3, 0.4) is 0 Å². The first-order chi connectivity index (χ1) is 11.7. The number of carboxylic acid groups (broad SMARTS) is 1. The summed E-state index contributed by atoms with van der Waals surface area (Å²) in [5.74, 6) is -1.07. The van der Waals surface area contributed by atoms with E-state index in [1.165, 1.54) is 0 Å². The van der Waals surface area contributed by atoms with Gasteiger partial charge >= 0.3 is 5.97 Å². The van der Waals surface area contributed by atoms with Gasteiger partial charge in [0.25, 0.3) is 5.91 Å². The first-order valence-corrected chi connectivity index (χ1v) is 9.91. The molecule has 0 spiro atoms. The molecule has 138 valence electrons. The molecule has 1 unspecified atom stereocenters. The third-order valence-corrected chi connectivity index (χ3v) is 5.92. The summed E-state index contributed by atoms with van der Waals surface area (Å²) in [7, 11) is -3.26. The molecular weight excluding hydrogens is 344 g/mol. The molecule has 1 saturated heterocycles. The first-order valence-electron chi connectivity index (χ1n) is 8.26. The Kier molecular flexibility index (Phi) is 5.84. The van der Waals surface area contributed by atoms with Gasteiger partial charge in [0.1, 0.15) is 0 Å². The van der Waals surface area contributed by atoms with Crippen LogP contribution in [-0.4, -0.2) is 49.1 Å². The van der Waals surface area contributed by atoms with Crippen molar-refractivity contribution in [2.24, 2.45) is 5.41 Å². The van der Waals surface area contributed by atoms with E-state index in [0.29, 0.717) is 24.9 Å². The number of carbonyl (C=O) groups excluding carboxylic acids is 1. The average molecular weight is 368 g/mol. The lowest BCUT2D eigenvalue weighted by Gasteiger charge is -2.37. The van der Waals surface area contributed by atoms with Crippen molar-refractivity contribution >= 4 is 21.9 Å². The van der Waals surface area contributed by atoms with Gasteiger partial charge in [0.15, 0.2) is 0 Å². The number of nitrogens with zero attached hydrogens (tertiary/aromatic N) is 1. The number of likely N-dealkylation sites (tertiary alicyclic amines) is 1. The second kappa shape index (κ2) is 7.53. The maximum atomic E-state index is 12.6. The van der Waals surface area contributed by atoms with Gasteiger partial charge in [0.2, 0.25) is 10.0 Å². The van der Waals surface area contributed by atoms with Gasteiger partial charge < -0.3 is 10.0 Å². The second-order valence-electron chi connectivity index (χ2n) is 6.62. The summed E-state index contributed by atoms with van der Waals surface area (Å²) < 4.78 is 25.4. The van der Waals surface area contributed by atoms with Gasteiger partial charge in [-0.15, -0.1) is 0 Å². The highest BCUT2D eigenvalue weighted by Gasteiger charge is 2.39. The van der Waals surface area contributed by atoms with E-state index in [9.17, 15) is 23.1 Å². The number of carbonyl (C=O) groups is 2. The van der Waals surface area contributed by atoms with Crippen LogP contribution in [0.5, 0.6) is 0 Å². The zero-order chi connectivity index (χ0) is 18.7. The van der Waals surface area contributed by atoms with Crippen LogP contribution < -0.4 is 4.72 Å². The average Bonchev–Trinajstić information content (AvgIpc) is 2.60. The zero-order valence-corrected chi connectivity index (χ0v) is 15.3. The molecule has 1 aliphatic rings. The lowest BCUT2D eigenvalue weighted by atomic mass is 9.82. The predicted molar refractivity (Wildman–Crippen MR) is 93.6 cm³/mol. The molecule has 1 amide bonds. The van der Waals surface area contributed by atoms with Gasteiger partial charge in [-0.1, -0.05) is 12.1 Å². The van der Waals surface area contributed by atoms with Crippen molar-refractivity contribution in [2.75, 3.05) is 18.8 Å². The number of hydrogen-bond acceptors (Lipinski definition) is 4. The van der Waals surface area contributed by atoms with E-state index in [4.69, 9.17) is 0 Å². The highest BCUT2D eigenvalue weighted by Crippen LogP contribution is 2.30. The summed E-state index contributed by atoms with van der Waals surface area (Å²) in [5, 5.41) is 9.36. The maximum absolute atomic E-state index is 12.6. The Hall–Kier alpha value is -1.93. The van der Waals surface area contributed by atoms with Crippen LogP contribution >= 0.6 is 0 Å². The largest absolute Gasteiger partial charge is 0.481 e. The van der Waals surface area contributed by atoms with Crippen molar-refractivity contribution in [3.63, 3.8) is 0 Å². The highest BCUT2D eigenvalue weighted by molar-refractivity contribution is 7.89. The van der Waals surface area contributed by atoms with E-state index >= 15 is 0 Å². The summed E-state index contributed by atoms with van der Waals surface area (Å²) in [4.78, 5) is 25.6. The number of hydrogen-bond donors (Lipinski definition) is 2. The Balaban J connectivity index is 2.04. The van der Waals surface area contributed by atoms with Crippen LogP contribution in [0.25, 0.3) is 0 Å². The number of sulfonamides is 1. The topological polar surface area (TPSA) is 104 Å². The van der Waals surface area contributed by atoms with Crippen molar-refractivity contribution in [1.82, 2.24) is 9.62 Å². The Morgan fingerprint density at radius 1 is 1.28 bits per heavy atom. The van der Waals surface area contributed by atoms with E-state index in [1.807, 2.05) is 0 Å². The Morgan fingerprint density at radius 2 is 1.92 bits per heavy atom. The predicted octanol–water partition coefficient (Wildman–Crippen LogP) is 1.45. The highest BCUT2D eigenvalue weighted by atomic mass is 32.2. The van der Waals surface area contributed by atoms with Gasteiger partial charge in [0.05, 0.1) is 11.2 Å². The van der Waals surface area contributed by atoms with Gasteiger partial charge in [-0.25, -0.2) is 13.1 Å². The van der Waals surface area contributed by atoms with Gasteiger partial charge in [-0.3, -0.25) is 9.59 Å². The molecule has 2 rings (SSSR count). The van der Waals surface area contributed by atoms with Gasteiger partial charge in [-0.2, -0.15) is 0 Å². The number of nitrogens with one attached hydrogen (secondary N) is 1. The molecule has 1 aromatic carbocycles.